The monoisotopic (exact) mass is 245 g/mol. The average Bonchev–Trinajstić information content (AvgIpc) is 2.65. The molecule has 1 atom stereocenters. The number of phenolic OH excluding ortho intramolecular Hbond substituents is 1. The Labute approximate surface area is 98.8 Å². The van der Waals surface area contributed by atoms with E-state index in [4.69, 9.17) is 9.47 Å². The molecule has 1 aliphatic rings. The highest BCUT2D eigenvalue weighted by molar-refractivity contribution is 5.85. The fourth-order valence-electron chi connectivity index (χ4n) is 1.49. The van der Waals surface area contributed by atoms with Crippen LogP contribution in [0.2, 0.25) is 0 Å². The van der Waals surface area contributed by atoms with E-state index in [0.29, 0.717) is 5.75 Å². The highest BCUT2D eigenvalue weighted by Gasteiger charge is 2.24. The minimum atomic E-state index is -0.435. The van der Waals surface area contributed by atoms with Gasteiger partial charge in [0.25, 0.3) is 0 Å². The highest BCUT2D eigenvalue weighted by Crippen LogP contribution is 2.29. The number of hydrogen-bond donors (Lipinski definition) is 2. The van der Waals surface area contributed by atoms with E-state index in [9.17, 15) is 9.90 Å². The number of hydrogen-bond acceptors (Lipinski definition) is 4. The molecule has 0 aliphatic carbocycles. The molecule has 1 saturated heterocycles. The minimum Gasteiger partial charge on any atom is -0.504 e. The summed E-state index contributed by atoms with van der Waals surface area (Å²) in [6.45, 7) is 0.282. The molecule has 1 fully saturated rings. The molecule has 1 aliphatic heterocycles. The third-order valence-corrected chi connectivity index (χ3v) is 2.28. The third kappa shape index (κ3) is 2.30. The van der Waals surface area contributed by atoms with Gasteiger partial charge < -0.3 is 19.9 Å². The molecule has 0 unspecified atom stereocenters. The summed E-state index contributed by atoms with van der Waals surface area (Å²) < 4.78 is 9.67. The van der Waals surface area contributed by atoms with E-state index in [-0.39, 0.29) is 30.8 Å². The average molecular weight is 246 g/mol. The normalized spacial score (nSPS) is 18.3. The molecule has 0 spiro atoms. The van der Waals surface area contributed by atoms with Crippen molar-refractivity contribution in [3.05, 3.63) is 23.8 Å². The second kappa shape index (κ2) is 4.94. The summed E-state index contributed by atoms with van der Waals surface area (Å²) >= 11 is 0. The molecule has 0 radical (unpaired) electrons. The summed E-state index contributed by atoms with van der Waals surface area (Å²) in [6.07, 6.45) is -0.435. The van der Waals surface area contributed by atoms with Gasteiger partial charge in [0.2, 0.25) is 0 Å². The number of halogens is 1. The lowest BCUT2D eigenvalue weighted by Crippen LogP contribution is -2.18. The van der Waals surface area contributed by atoms with Crippen LogP contribution in [0.25, 0.3) is 0 Å². The zero-order chi connectivity index (χ0) is 10.8. The predicted octanol–water partition coefficient (Wildman–Crippen LogP) is 1.60. The number of methoxy groups -OCH3 is 1. The SMILES string of the molecule is COc1ccc([C@@H]2COC(=O)N2)cc1O.Cl. The standard InChI is InChI=1S/C10H11NO4.ClH/c1-14-9-3-2-6(4-8(9)12)7-5-15-10(13)11-7;/h2-4,7,12H,5H2,1H3,(H,11,13);1H/t7-;/m0./s1. The Bertz CT molecular complexity index is 396. The van der Waals surface area contributed by atoms with Gasteiger partial charge in [0, 0.05) is 0 Å². The zero-order valence-corrected chi connectivity index (χ0v) is 9.41. The Morgan fingerprint density at radius 2 is 2.31 bits per heavy atom. The Morgan fingerprint density at radius 3 is 2.81 bits per heavy atom. The van der Waals surface area contributed by atoms with Crippen molar-refractivity contribution in [2.45, 2.75) is 6.04 Å². The van der Waals surface area contributed by atoms with Crippen molar-refractivity contribution in [1.82, 2.24) is 5.32 Å². The maximum absolute atomic E-state index is 10.8. The summed E-state index contributed by atoms with van der Waals surface area (Å²) in [5.74, 6) is 0.458. The number of carbonyl (C=O) groups excluding carboxylic acids is 1. The number of rotatable bonds is 2. The van der Waals surface area contributed by atoms with E-state index in [0.717, 1.165) is 5.56 Å². The van der Waals surface area contributed by atoms with E-state index in [1.54, 1.807) is 18.2 Å². The molecule has 0 aromatic heterocycles. The Balaban J connectivity index is 0.00000128. The minimum absolute atomic E-state index is 0. The molecular weight excluding hydrogens is 234 g/mol. The first-order valence-corrected chi connectivity index (χ1v) is 4.51. The number of amides is 1. The van der Waals surface area contributed by atoms with Gasteiger partial charge >= 0.3 is 6.09 Å². The van der Waals surface area contributed by atoms with Gasteiger partial charge in [-0.1, -0.05) is 6.07 Å². The van der Waals surface area contributed by atoms with Crippen molar-refractivity contribution in [2.24, 2.45) is 0 Å². The Hall–Kier alpha value is -1.62. The number of phenols is 1. The van der Waals surface area contributed by atoms with E-state index in [2.05, 4.69) is 5.32 Å². The number of nitrogens with one attached hydrogen (secondary N) is 1. The fraction of sp³-hybridized carbons (Fsp3) is 0.300. The lowest BCUT2D eigenvalue weighted by atomic mass is 10.1. The second-order valence-electron chi connectivity index (χ2n) is 3.23. The van der Waals surface area contributed by atoms with Crippen molar-refractivity contribution in [1.29, 1.82) is 0 Å². The van der Waals surface area contributed by atoms with E-state index < -0.39 is 6.09 Å². The first-order valence-electron chi connectivity index (χ1n) is 4.51. The number of carbonyl (C=O) groups is 1. The fourth-order valence-corrected chi connectivity index (χ4v) is 1.49. The van der Waals surface area contributed by atoms with Crippen LogP contribution in [0.15, 0.2) is 18.2 Å². The zero-order valence-electron chi connectivity index (χ0n) is 8.60. The Morgan fingerprint density at radius 1 is 1.56 bits per heavy atom. The van der Waals surface area contributed by atoms with Gasteiger partial charge in [-0.25, -0.2) is 4.79 Å². The number of aromatic hydroxyl groups is 1. The second-order valence-corrected chi connectivity index (χ2v) is 3.23. The highest BCUT2D eigenvalue weighted by atomic mass is 35.5. The molecule has 16 heavy (non-hydrogen) atoms. The van der Waals surface area contributed by atoms with Gasteiger partial charge in [0.05, 0.1) is 13.2 Å². The summed E-state index contributed by atoms with van der Waals surface area (Å²) in [5, 5.41) is 12.2. The van der Waals surface area contributed by atoms with Gasteiger partial charge in [-0.15, -0.1) is 12.4 Å². The molecule has 0 bridgehead atoms. The van der Waals surface area contributed by atoms with Crippen LogP contribution in [0.4, 0.5) is 4.79 Å². The Kier molecular flexibility index (Phi) is 3.84. The molecule has 5 nitrogen and oxygen atoms in total. The smallest absolute Gasteiger partial charge is 0.407 e. The lowest BCUT2D eigenvalue weighted by Gasteiger charge is -2.09. The van der Waals surface area contributed by atoms with Gasteiger partial charge in [0.1, 0.15) is 6.61 Å². The van der Waals surface area contributed by atoms with Crippen LogP contribution >= 0.6 is 12.4 Å². The van der Waals surface area contributed by atoms with Crippen LogP contribution in [-0.2, 0) is 4.74 Å². The molecule has 1 amide bonds. The molecule has 88 valence electrons. The van der Waals surface area contributed by atoms with E-state index >= 15 is 0 Å². The van der Waals surface area contributed by atoms with Crippen LogP contribution in [0.3, 0.4) is 0 Å². The number of alkyl carbamates (subject to hydrolysis) is 1. The molecule has 2 N–H and O–H groups in total. The van der Waals surface area contributed by atoms with E-state index in [1.807, 2.05) is 0 Å². The van der Waals surface area contributed by atoms with Crippen molar-refractivity contribution >= 4 is 18.5 Å². The number of benzene rings is 1. The van der Waals surface area contributed by atoms with Crippen molar-refractivity contribution in [3.63, 3.8) is 0 Å². The van der Waals surface area contributed by atoms with Crippen molar-refractivity contribution in [3.8, 4) is 11.5 Å². The third-order valence-electron chi connectivity index (χ3n) is 2.28. The largest absolute Gasteiger partial charge is 0.504 e. The summed E-state index contributed by atoms with van der Waals surface area (Å²) in [7, 11) is 1.48. The van der Waals surface area contributed by atoms with Crippen molar-refractivity contribution < 1.29 is 19.4 Å². The molecule has 1 heterocycles. The first-order chi connectivity index (χ1) is 7.20. The topological polar surface area (TPSA) is 67.8 Å². The van der Waals surface area contributed by atoms with Crippen LogP contribution in [-0.4, -0.2) is 24.9 Å². The van der Waals surface area contributed by atoms with Crippen LogP contribution < -0.4 is 10.1 Å². The molecule has 1 aromatic carbocycles. The van der Waals surface area contributed by atoms with Crippen LogP contribution in [0, 0.1) is 0 Å². The molecule has 1 aromatic rings. The van der Waals surface area contributed by atoms with Crippen LogP contribution in [0.5, 0.6) is 11.5 Å². The number of cyclic esters (lactones) is 1. The van der Waals surface area contributed by atoms with Gasteiger partial charge in [0.15, 0.2) is 11.5 Å². The van der Waals surface area contributed by atoms with Crippen molar-refractivity contribution in [2.75, 3.05) is 13.7 Å². The first kappa shape index (κ1) is 12.4. The van der Waals surface area contributed by atoms with Gasteiger partial charge in [-0.3, -0.25) is 0 Å². The van der Waals surface area contributed by atoms with Gasteiger partial charge in [-0.05, 0) is 17.7 Å². The molecule has 2 rings (SSSR count). The van der Waals surface area contributed by atoms with Crippen LogP contribution in [0.1, 0.15) is 11.6 Å². The molecule has 0 saturated carbocycles. The number of ether oxygens (including phenoxy) is 2. The summed E-state index contributed by atoms with van der Waals surface area (Å²) in [6, 6.07) is 4.78. The summed E-state index contributed by atoms with van der Waals surface area (Å²) in [4.78, 5) is 10.8. The lowest BCUT2D eigenvalue weighted by molar-refractivity contribution is 0.177. The van der Waals surface area contributed by atoms with Gasteiger partial charge in [-0.2, -0.15) is 0 Å². The quantitative estimate of drug-likeness (QED) is 0.831. The maximum Gasteiger partial charge on any atom is 0.407 e. The molecule has 6 heteroatoms. The maximum atomic E-state index is 10.8. The van der Waals surface area contributed by atoms with E-state index in [1.165, 1.54) is 7.11 Å². The predicted molar refractivity (Wildman–Crippen MR) is 59.1 cm³/mol. The molecular formula is C10H12ClNO4. The summed E-state index contributed by atoms with van der Waals surface area (Å²) in [5.41, 5.74) is 0.791.